The monoisotopic (exact) mass is 256 g/mol. The number of rotatable bonds is 6. The summed E-state index contributed by atoms with van der Waals surface area (Å²) in [4.78, 5) is 2.39. The smallest absolute Gasteiger partial charge is 0.0455 e. The predicted octanol–water partition coefficient (Wildman–Crippen LogP) is 4.02. The van der Waals surface area contributed by atoms with Crippen LogP contribution in [0.15, 0.2) is 42.6 Å². The molecule has 0 N–H and O–H groups in total. The minimum atomic E-state index is 1.00. The molecule has 0 saturated heterocycles. The summed E-state index contributed by atoms with van der Waals surface area (Å²) in [5.41, 5.74) is 3.91. The van der Waals surface area contributed by atoms with E-state index in [4.69, 9.17) is 0 Å². The van der Waals surface area contributed by atoms with Gasteiger partial charge in [0.1, 0.15) is 0 Å². The minimum absolute atomic E-state index is 1.00. The van der Waals surface area contributed by atoms with E-state index in [-0.39, 0.29) is 0 Å². The molecule has 0 spiro atoms. The van der Waals surface area contributed by atoms with Gasteiger partial charge in [0, 0.05) is 24.1 Å². The van der Waals surface area contributed by atoms with Crippen LogP contribution in [0.2, 0.25) is 0 Å². The summed E-state index contributed by atoms with van der Waals surface area (Å²) in [6.07, 6.45) is 4.67. The first kappa shape index (κ1) is 13.9. The number of aromatic nitrogens is 1. The maximum absolute atomic E-state index is 2.39. The van der Waals surface area contributed by atoms with Crippen LogP contribution in [0.25, 0.3) is 5.69 Å². The zero-order valence-corrected chi connectivity index (χ0v) is 12.3. The Hall–Kier alpha value is -1.54. The fraction of sp³-hybridized carbons (Fsp3) is 0.412. The third-order valence-corrected chi connectivity index (χ3v) is 3.44. The first-order valence-electron chi connectivity index (χ1n) is 7.12. The molecule has 2 rings (SSSR count). The molecule has 0 aliphatic heterocycles. The standard InChI is InChI=1S/C17H24N2/c1-4-5-11-18(3)14-17-10-7-12-19(17)16-9-6-8-15(2)13-16/h6-10,12-13H,4-5,11,14H2,1-3H3. The number of nitrogens with zero attached hydrogens (tertiary/aromatic N) is 2. The molecule has 0 bridgehead atoms. The first-order chi connectivity index (χ1) is 9.20. The number of hydrogen-bond donors (Lipinski definition) is 0. The van der Waals surface area contributed by atoms with Crippen molar-refractivity contribution in [3.63, 3.8) is 0 Å². The third-order valence-electron chi connectivity index (χ3n) is 3.44. The average Bonchev–Trinajstić information content (AvgIpc) is 2.84. The molecule has 1 aromatic heterocycles. The number of hydrogen-bond acceptors (Lipinski definition) is 1. The quantitative estimate of drug-likeness (QED) is 0.758. The van der Waals surface area contributed by atoms with Crippen LogP contribution in [0.3, 0.4) is 0 Å². The van der Waals surface area contributed by atoms with E-state index in [1.807, 2.05) is 0 Å². The summed E-state index contributed by atoms with van der Waals surface area (Å²) in [6.45, 7) is 6.54. The van der Waals surface area contributed by atoms with Gasteiger partial charge in [-0.2, -0.15) is 0 Å². The lowest BCUT2D eigenvalue weighted by Gasteiger charge is -2.18. The Morgan fingerprint density at radius 2 is 2.00 bits per heavy atom. The SMILES string of the molecule is CCCCN(C)Cc1cccn1-c1cccc(C)c1. The van der Waals surface area contributed by atoms with Crippen LogP contribution in [0.5, 0.6) is 0 Å². The number of aryl methyl sites for hydroxylation is 1. The first-order valence-corrected chi connectivity index (χ1v) is 7.12. The molecule has 0 atom stereocenters. The van der Waals surface area contributed by atoms with Crippen LogP contribution in [-0.4, -0.2) is 23.1 Å². The Morgan fingerprint density at radius 1 is 1.16 bits per heavy atom. The molecule has 2 heteroatoms. The van der Waals surface area contributed by atoms with Gasteiger partial charge in [-0.3, -0.25) is 0 Å². The molecule has 19 heavy (non-hydrogen) atoms. The van der Waals surface area contributed by atoms with Gasteiger partial charge in [0.2, 0.25) is 0 Å². The molecular weight excluding hydrogens is 232 g/mol. The van der Waals surface area contributed by atoms with E-state index in [1.165, 1.54) is 29.8 Å². The van der Waals surface area contributed by atoms with Crippen molar-refractivity contribution in [3.05, 3.63) is 53.9 Å². The highest BCUT2D eigenvalue weighted by Crippen LogP contribution is 2.15. The van der Waals surface area contributed by atoms with Crippen LogP contribution in [-0.2, 0) is 6.54 Å². The van der Waals surface area contributed by atoms with Gasteiger partial charge in [-0.1, -0.05) is 25.5 Å². The van der Waals surface area contributed by atoms with Crippen molar-refractivity contribution in [2.75, 3.05) is 13.6 Å². The molecule has 0 saturated carbocycles. The van der Waals surface area contributed by atoms with Gasteiger partial charge in [0.05, 0.1) is 0 Å². The van der Waals surface area contributed by atoms with Crippen LogP contribution < -0.4 is 0 Å². The van der Waals surface area contributed by atoms with Crippen LogP contribution in [0.4, 0.5) is 0 Å². The third kappa shape index (κ3) is 3.71. The summed E-state index contributed by atoms with van der Waals surface area (Å²) in [6, 6.07) is 13.0. The lowest BCUT2D eigenvalue weighted by atomic mass is 10.2. The Morgan fingerprint density at radius 3 is 2.74 bits per heavy atom. The van der Waals surface area contributed by atoms with Crippen LogP contribution in [0.1, 0.15) is 31.0 Å². The second kappa shape index (κ2) is 6.58. The maximum atomic E-state index is 2.39. The van der Waals surface area contributed by atoms with Gasteiger partial charge in [0.25, 0.3) is 0 Å². The fourth-order valence-corrected chi connectivity index (χ4v) is 2.36. The van der Waals surface area contributed by atoms with E-state index in [0.29, 0.717) is 0 Å². The predicted molar refractivity (Wildman–Crippen MR) is 81.7 cm³/mol. The molecule has 0 aliphatic rings. The number of unbranched alkanes of at least 4 members (excludes halogenated alkanes) is 1. The van der Waals surface area contributed by atoms with Crippen LogP contribution >= 0.6 is 0 Å². The second-order valence-corrected chi connectivity index (χ2v) is 5.30. The lowest BCUT2D eigenvalue weighted by molar-refractivity contribution is 0.315. The van der Waals surface area contributed by atoms with Crippen molar-refractivity contribution >= 4 is 0 Å². The van der Waals surface area contributed by atoms with E-state index in [1.54, 1.807) is 0 Å². The Labute approximate surface area is 116 Å². The van der Waals surface area contributed by atoms with E-state index < -0.39 is 0 Å². The van der Waals surface area contributed by atoms with Crippen molar-refractivity contribution in [2.24, 2.45) is 0 Å². The molecule has 2 nitrogen and oxygen atoms in total. The van der Waals surface area contributed by atoms with Crippen LogP contribution in [0, 0.1) is 6.92 Å². The van der Waals surface area contributed by atoms with Crippen molar-refractivity contribution in [2.45, 2.75) is 33.2 Å². The lowest BCUT2D eigenvalue weighted by Crippen LogP contribution is -2.20. The van der Waals surface area contributed by atoms with Gasteiger partial charge < -0.3 is 9.47 Å². The summed E-state index contributed by atoms with van der Waals surface area (Å²) < 4.78 is 2.29. The molecule has 0 amide bonds. The Kier molecular flexibility index (Phi) is 4.80. The molecule has 0 unspecified atom stereocenters. The van der Waals surface area contributed by atoms with Crippen molar-refractivity contribution in [1.82, 2.24) is 9.47 Å². The highest BCUT2D eigenvalue weighted by Gasteiger charge is 2.06. The van der Waals surface area contributed by atoms with E-state index >= 15 is 0 Å². The summed E-state index contributed by atoms with van der Waals surface area (Å²) in [5.74, 6) is 0. The second-order valence-electron chi connectivity index (χ2n) is 5.30. The van der Waals surface area contributed by atoms with Gasteiger partial charge in [0.15, 0.2) is 0 Å². The Bertz CT molecular complexity index is 513. The zero-order chi connectivity index (χ0) is 13.7. The van der Waals surface area contributed by atoms with Gasteiger partial charge in [-0.05, 0) is 56.8 Å². The summed E-state index contributed by atoms with van der Waals surface area (Å²) >= 11 is 0. The van der Waals surface area contributed by atoms with Gasteiger partial charge in [-0.25, -0.2) is 0 Å². The molecule has 0 aliphatic carbocycles. The van der Waals surface area contributed by atoms with Crippen molar-refractivity contribution in [3.8, 4) is 5.69 Å². The molecular formula is C17H24N2. The van der Waals surface area contributed by atoms with E-state index in [0.717, 1.165) is 13.1 Å². The Balaban J connectivity index is 2.13. The summed E-state index contributed by atoms with van der Waals surface area (Å²) in [7, 11) is 2.20. The molecule has 2 aromatic rings. The normalized spacial score (nSPS) is 11.2. The number of benzene rings is 1. The molecule has 1 aromatic carbocycles. The van der Waals surface area contributed by atoms with E-state index in [2.05, 4.69) is 73.0 Å². The van der Waals surface area contributed by atoms with Gasteiger partial charge >= 0.3 is 0 Å². The largest absolute Gasteiger partial charge is 0.320 e. The molecule has 102 valence electrons. The summed E-state index contributed by atoms with van der Waals surface area (Å²) in [5, 5.41) is 0. The highest BCUT2D eigenvalue weighted by molar-refractivity contribution is 5.37. The van der Waals surface area contributed by atoms with Gasteiger partial charge in [-0.15, -0.1) is 0 Å². The maximum Gasteiger partial charge on any atom is 0.0455 e. The van der Waals surface area contributed by atoms with Crippen molar-refractivity contribution in [1.29, 1.82) is 0 Å². The van der Waals surface area contributed by atoms with E-state index in [9.17, 15) is 0 Å². The fourth-order valence-electron chi connectivity index (χ4n) is 2.36. The zero-order valence-electron chi connectivity index (χ0n) is 12.3. The molecule has 1 heterocycles. The topological polar surface area (TPSA) is 8.17 Å². The molecule has 0 radical (unpaired) electrons. The van der Waals surface area contributed by atoms with Crippen molar-refractivity contribution < 1.29 is 0 Å². The molecule has 0 fully saturated rings. The highest BCUT2D eigenvalue weighted by atomic mass is 15.1. The average molecular weight is 256 g/mol. The minimum Gasteiger partial charge on any atom is -0.320 e.